The predicted molar refractivity (Wildman–Crippen MR) is 83.8 cm³/mol. The average molecular weight is 277 g/mol. The van der Waals surface area contributed by atoms with E-state index in [2.05, 4.69) is 44.9 Å². The molecule has 0 aliphatic heterocycles. The van der Waals surface area contributed by atoms with Crippen LogP contribution >= 0.6 is 0 Å². The van der Waals surface area contributed by atoms with Crippen molar-refractivity contribution in [3.05, 3.63) is 23.4 Å². The number of anilines is 1. The molecule has 0 bridgehead atoms. The van der Waals surface area contributed by atoms with E-state index in [-0.39, 0.29) is 11.3 Å². The lowest BCUT2D eigenvalue weighted by Crippen LogP contribution is -2.29. The molecule has 112 valence electrons. The lowest BCUT2D eigenvalue weighted by atomic mass is 9.90. The fourth-order valence-corrected chi connectivity index (χ4v) is 1.98. The summed E-state index contributed by atoms with van der Waals surface area (Å²) < 4.78 is 0. The van der Waals surface area contributed by atoms with Crippen LogP contribution in [0.2, 0.25) is 0 Å². The van der Waals surface area contributed by atoms with Gasteiger partial charge in [-0.2, -0.15) is 0 Å². The van der Waals surface area contributed by atoms with Gasteiger partial charge in [0.15, 0.2) is 0 Å². The van der Waals surface area contributed by atoms with E-state index in [0.717, 1.165) is 18.5 Å². The van der Waals surface area contributed by atoms with E-state index in [0.29, 0.717) is 23.8 Å². The Kier molecular flexibility index (Phi) is 5.54. The molecule has 0 spiro atoms. The highest BCUT2D eigenvalue weighted by Crippen LogP contribution is 2.22. The number of nitrogens with zero attached hydrogens (tertiary/aromatic N) is 1. The van der Waals surface area contributed by atoms with E-state index in [1.54, 1.807) is 6.07 Å². The summed E-state index contributed by atoms with van der Waals surface area (Å²) >= 11 is 0. The Morgan fingerprint density at radius 1 is 1.30 bits per heavy atom. The molecule has 0 aromatic carbocycles. The zero-order valence-corrected chi connectivity index (χ0v) is 13.3. The standard InChI is InChI=1S/C16H27N3O/c1-6-11(7-2)10-18-15(20)12-8-13(16(3,4)5)19-14(17)9-12/h8-9,11H,6-7,10H2,1-5H3,(H2,17,19)(H,18,20). The summed E-state index contributed by atoms with van der Waals surface area (Å²) in [6, 6.07) is 3.47. The van der Waals surface area contributed by atoms with Crippen molar-refractivity contribution in [3.63, 3.8) is 0 Å². The topological polar surface area (TPSA) is 68.0 Å². The van der Waals surface area contributed by atoms with E-state index >= 15 is 0 Å². The molecule has 1 rings (SSSR count). The number of hydrogen-bond donors (Lipinski definition) is 2. The summed E-state index contributed by atoms with van der Waals surface area (Å²) in [6.45, 7) is 11.2. The van der Waals surface area contributed by atoms with E-state index in [1.807, 2.05) is 6.07 Å². The van der Waals surface area contributed by atoms with Crippen LogP contribution in [0.5, 0.6) is 0 Å². The van der Waals surface area contributed by atoms with Crippen LogP contribution < -0.4 is 11.1 Å². The van der Waals surface area contributed by atoms with Crippen LogP contribution in [0.15, 0.2) is 12.1 Å². The van der Waals surface area contributed by atoms with Crippen molar-refractivity contribution in [2.24, 2.45) is 5.92 Å². The molecule has 0 unspecified atom stereocenters. The van der Waals surface area contributed by atoms with Gasteiger partial charge < -0.3 is 11.1 Å². The van der Waals surface area contributed by atoms with E-state index in [1.165, 1.54) is 0 Å². The number of hydrogen-bond acceptors (Lipinski definition) is 3. The fraction of sp³-hybridized carbons (Fsp3) is 0.625. The SMILES string of the molecule is CCC(CC)CNC(=O)c1cc(N)nc(C(C)(C)C)c1. The van der Waals surface area contributed by atoms with Crippen LogP contribution in [0.3, 0.4) is 0 Å². The summed E-state index contributed by atoms with van der Waals surface area (Å²) in [6.07, 6.45) is 2.14. The fourth-order valence-electron chi connectivity index (χ4n) is 1.98. The molecule has 1 amide bonds. The molecule has 0 saturated carbocycles. The number of aromatic nitrogens is 1. The van der Waals surface area contributed by atoms with Crippen LogP contribution in [0.1, 0.15) is 63.5 Å². The molecule has 4 heteroatoms. The van der Waals surface area contributed by atoms with Crippen molar-refractivity contribution in [1.82, 2.24) is 10.3 Å². The van der Waals surface area contributed by atoms with E-state index < -0.39 is 0 Å². The number of amides is 1. The summed E-state index contributed by atoms with van der Waals surface area (Å²) in [4.78, 5) is 16.5. The molecule has 0 fully saturated rings. The molecule has 0 aliphatic carbocycles. The van der Waals surface area contributed by atoms with Gasteiger partial charge in [0.2, 0.25) is 0 Å². The van der Waals surface area contributed by atoms with Gasteiger partial charge in [0.1, 0.15) is 5.82 Å². The largest absolute Gasteiger partial charge is 0.384 e. The molecular weight excluding hydrogens is 250 g/mol. The van der Waals surface area contributed by atoms with Gasteiger partial charge in [-0.25, -0.2) is 4.98 Å². The van der Waals surface area contributed by atoms with E-state index in [4.69, 9.17) is 5.73 Å². The maximum atomic E-state index is 12.2. The van der Waals surface area contributed by atoms with Crippen LogP contribution in [-0.2, 0) is 5.41 Å². The Labute approximate surface area is 122 Å². The smallest absolute Gasteiger partial charge is 0.251 e. The first-order chi connectivity index (χ1) is 9.27. The van der Waals surface area contributed by atoms with Crippen molar-refractivity contribution in [1.29, 1.82) is 0 Å². The predicted octanol–water partition coefficient (Wildman–Crippen LogP) is 3.13. The third kappa shape index (κ3) is 4.51. The van der Waals surface area contributed by atoms with Gasteiger partial charge in [0, 0.05) is 23.2 Å². The van der Waals surface area contributed by atoms with Crippen LogP contribution in [0, 0.1) is 5.92 Å². The zero-order chi connectivity index (χ0) is 15.3. The highest BCUT2D eigenvalue weighted by molar-refractivity contribution is 5.94. The van der Waals surface area contributed by atoms with Gasteiger partial charge in [-0.15, -0.1) is 0 Å². The first kappa shape index (κ1) is 16.5. The third-order valence-corrected chi connectivity index (χ3v) is 3.58. The minimum Gasteiger partial charge on any atom is -0.384 e. The lowest BCUT2D eigenvalue weighted by molar-refractivity contribution is 0.0946. The molecule has 4 nitrogen and oxygen atoms in total. The third-order valence-electron chi connectivity index (χ3n) is 3.58. The molecule has 0 saturated heterocycles. The maximum absolute atomic E-state index is 12.2. The maximum Gasteiger partial charge on any atom is 0.251 e. The normalized spacial score (nSPS) is 11.7. The highest BCUT2D eigenvalue weighted by atomic mass is 16.1. The number of carbonyl (C=O) groups is 1. The molecule has 0 radical (unpaired) electrons. The Balaban J connectivity index is 2.86. The van der Waals surface area contributed by atoms with Gasteiger partial charge in [0.05, 0.1) is 0 Å². The van der Waals surface area contributed by atoms with Crippen LogP contribution in [-0.4, -0.2) is 17.4 Å². The summed E-state index contributed by atoms with van der Waals surface area (Å²) in [7, 11) is 0. The Bertz CT molecular complexity index is 459. The molecule has 1 heterocycles. The second kappa shape index (κ2) is 6.73. The second-order valence-corrected chi connectivity index (χ2v) is 6.31. The summed E-state index contributed by atoms with van der Waals surface area (Å²) in [5.74, 6) is 0.849. The summed E-state index contributed by atoms with van der Waals surface area (Å²) in [5.41, 5.74) is 7.12. The van der Waals surface area contributed by atoms with Crippen molar-refractivity contribution in [3.8, 4) is 0 Å². The molecule has 3 N–H and O–H groups in total. The number of nitrogen functional groups attached to an aromatic ring is 1. The van der Waals surface area contributed by atoms with Gasteiger partial charge in [0.25, 0.3) is 5.91 Å². The number of rotatable bonds is 5. The first-order valence-electron chi connectivity index (χ1n) is 7.34. The molecule has 20 heavy (non-hydrogen) atoms. The number of nitrogens with two attached hydrogens (primary N) is 1. The van der Waals surface area contributed by atoms with E-state index in [9.17, 15) is 4.79 Å². The summed E-state index contributed by atoms with van der Waals surface area (Å²) in [5, 5.41) is 2.98. The number of pyridine rings is 1. The molecule has 0 atom stereocenters. The number of nitrogens with one attached hydrogen (secondary N) is 1. The zero-order valence-electron chi connectivity index (χ0n) is 13.3. The molecular formula is C16H27N3O. The van der Waals surface area contributed by atoms with Gasteiger partial charge in [-0.05, 0) is 18.1 Å². The minimum absolute atomic E-state index is 0.0727. The monoisotopic (exact) mass is 277 g/mol. The van der Waals surface area contributed by atoms with Crippen molar-refractivity contribution in [2.75, 3.05) is 12.3 Å². The molecule has 1 aromatic rings. The number of carbonyl (C=O) groups excluding carboxylic acids is 1. The molecule has 1 aromatic heterocycles. The van der Waals surface area contributed by atoms with Crippen LogP contribution in [0.4, 0.5) is 5.82 Å². The molecule has 0 aliphatic rings. The first-order valence-corrected chi connectivity index (χ1v) is 7.34. The van der Waals surface area contributed by atoms with Crippen molar-refractivity contribution < 1.29 is 4.79 Å². The lowest BCUT2D eigenvalue weighted by Gasteiger charge is -2.19. The van der Waals surface area contributed by atoms with Gasteiger partial charge in [-0.1, -0.05) is 47.5 Å². The second-order valence-electron chi connectivity index (χ2n) is 6.31. The van der Waals surface area contributed by atoms with Crippen molar-refractivity contribution >= 4 is 11.7 Å². The minimum atomic E-state index is -0.125. The average Bonchev–Trinajstić information content (AvgIpc) is 2.38. The Morgan fingerprint density at radius 3 is 2.40 bits per heavy atom. The van der Waals surface area contributed by atoms with Crippen LogP contribution in [0.25, 0.3) is 0 Å². The van der Waals surface area contributed by atoms with Crippen molar-refractivity contribution in [2.45, 2.75) is 52.9 Å². The van der Waals surface area contributed by atoms with Gasteiger partial charge in [-0.3, -0.25) is 4.79 Å². The Hall–Kier alpha value is -1.58. The van der Waals surface area contributed by atoms with Gasteiger partial charge >= 0.3 is 0 Å². The highest BCUT2D eigenvalue weighted by Gasteiger charge is 2.19. The Morgan fingerprint density at radius 2 is 1.90 bits per heavy atom. The quantitative estimate of drug-likeness (QED) is 0.869.